The fraction of sp³-hybridized carbons (Fsp3) is 0.400. The van der Waals surface area contributed by atoms with E-state index in [4.69, 9.17) is 0 Å². The summed E-state index contributed by atoms with van der Waals surface area (Å²) >= 11 is 1.62. The van der Waals surface area contributed by atoms with Gasteiger partial charge >= 0.3 is 0 Å². The van der Waals surface area contributed by atoms with E-state index in [9.17, 15) is 5.11 Å². The zero-order valence-electron chi connectivity index (χ0n) is 12.6. The van der Waals surface area contributed by atoms with Gasteiger partial charge in [-0.3, -0.25) is 0 Å². The summed E-state index contributed by atoms with van der Waals surface area (Å²) < 4.78 is 1.75. The molecule has 0 aliphatic heterocycles. The lowest BCUT2D eigenvalue weighted by molar-refractivity contribution is 0.166. The number of aromatic nitrogens is 4. The average molecular weight is 317 g/mol. The van der Waals surface area contributed by atoms with Gasteiger partial charge in [0.15, 0.2) is 11.5 Å². The van der Waals surface area contributed by atoms with Crippen molar-refractivity contribution >= 4 is 22.8 Å². The molecule has 7 heteroatoms. The molecule has 2 N–H and O–H groups in total. The van der Waals surface area contributed by atoms with Crippen LogP contribution in [0.3, 0.4) is 0 Å². The molecule has 0 fully saturated rings. The van der Waals surface area contributed by atoms with E-state index in [2.05, 4.69) is 27.5 Å². The summed E-state index contributed by atoms with van der Waals surface area (Å²) in [5.41, 5.74) is 1.74. The van der Waals surface area contributed by atoms with E-state index in [0.29, 0.717) is 5.92 Å². The fourth-order valence-electron chi connectivity index (χ4n) is 2.40. The van der Waals surface area contributed by atoms with Crippen molar-refractivity contribution in [3.8, 4) is 11.4 Å². The fourth-order valence-corrected chi connectivity index (χ4v) is 3.03. The van der Waals surface area contributed by atoms with E-state index in [1.165, 1.54) is 0 Å². The number of aliphatic hydroxyl groups excluding tert-OH is 1. The summed E-state index contributed by atoms with van der Waals surface area (Å²) in [7, 11) is 0. The summed E-state index contributed by atoms with van der Waals surface area (Å²) in [4.78, 5) is 0. The van der Waals surface area contributed by atoms with Gasteiger partial charge in [0.1, 0.15) is 5.82 Å². The zero-order chi connectivity index (χ0) is 15.5. The van der Waals surface area contributed by atoms with Crippen LogP contribution in [-0.2, 0) is 0 Å². The van der Waals surface area contributed by atoms with Crippen molar-refractivity contribution in [1.29, 1.82) is 0 Å². The number of aliphatic hydroxyl groups is 1. The highest BCUT2D eigenvalue weighted by atomic mass is 32.1. The normalized spacial score (nSPS) is 14.1. The highest BCUT2D eigenvalue weighted by Gasteiger charge is 2.11. The summed E-state index contributed by atoms with van der Waals surface area (Å²) in [6.45, 7) is 4.68. The first-order chi connectivity index (χ1) is 10.6. The number of nitrogens with one attached hydrogen (secondary N) is 1. The van der Waals surface area contributed by atoms with Crippen molar-refractivity contribution in [2.75, 3.05) is 11.9 Å². The molecule has 0 amide bonds. The molecule has 0 radical (unpaired) electrons. The van der Waals surface area contributed by atoms with Gasteiger partial charge in [-0.2, -0.15) is 15.9 Å². The monoisotopic (exact) mass is 317 g/mol. The Kier molecular flexibility index (Phi) is 4.35. The Morgan fingerprint density at radius 2 is 2.14 bits per heavy atom. The summed E-state index contributed by atoms with van der Waals surface area (Å²) in [5, 5.41) is 29.7. The lowest BCUT2D eigenvalue weighted by Crippen LogP contribution is -2.17. The van der Waals surface area contributed by atoms with E-state index in [0.717, 1.165) is 35.8 Å². The molecule has 0 aromatic carbocycles. The van der Waals surface area contributed by atoms with Crippen molar-refractivity contribution in [2.24, 2.45) is 5.92 Å². The van der Waals surface area contributed by atoms with E-state index >= 15 is 0 Å². The second-order valence-corrected chi connectivity index (χ2v) is 6.38. The number of hydrogen-bond acceptors (Lipinski definition) is 6. The molecule has 3 heterocycles. The second kappa shape index (κ2) is 6.41. The van der Waals surface area contributed by atoms with Gasteiger partial charge in [-0.05, 0) is 42.8 Å². The number of fused-ring (bicyclic) bond motifs is 1. The average Bonchev–Trinajstić information content (AvgIpc) is 3.12. The van der Waals surface area contributed by atoms with Crippen molar-refractivity contribution in [2.45, 2.75) is 26.4 Å². The number of rotatable bonds is 6. The number of nitrogens with zero attached hydrogens (tertiary/aromatic N) is 4. The van der Waals surface area contributed by atoms with Gasteiger partial charge in [0.25, 0.3) is 0 Å². The summed E-state index contributed by atoms with van der Waals surface area (Å²) in [6.07, 6.45) is 0.484. The van der Waals surface area contributed by atoms with Crippen molar-refractivity contribution in [3.05, 3.63) is 29.0 Å². The first kappa shape index (κ1) is 14.9. The Balaban J connectivity index is 1.79. The summed E-state index contributed by atoms with van der Waals surface area (Å²) in [6, 6.07) is 5.81. The molecule has 0 aliphatic carbocycles. The lowest BCUT2D eigenvalue weighted by Gasteiger charge is -2.14. The van der Waals surface area contributed by atoms with Gasteiger partial charge in [-0.25, -0.2) is 0 Å². The van der Waals surface area contributed by atoms with Crippen LogP contribution in [0.2, 0.25) is 0 Å². The van der Waals surface area contributed by atoms with Gasteiger partial charge < -0.3 is 10.4 Å². The topological polar surface area (TPSA) is 75.3 Å². The number of anilines is 1. The van der Waals surface area contributed by atoms with Crippen LogP contribution in [0.1, 0.15) is 20.3 Å². The van der Waals surface area contributed by atoms with Crippen LogP contribution in [0.15, 0.2) is 29.0 Å². The van der Waals surface area contributed by atoms with Crippen LogP contribution in [0.5, 0.6) is 0 Å². The molecule has 2 unspecified atom stereocenters. The maximum Gasteiger partial charge on any atom is 0.186 e. The molecular formula is C15H19N5OS. The minimum absolute atomic E-state index is 0.282. The molecule has 0 saturated carbocycles. The first-order valence-corrected chi connectivity index (χ1v) is 8.24. The smallest absolute Gasteiger partial charge is 0.186 e. The predicted molar refractivity (Wildman–Crippen MR) is 88.0 cm³/mol. The maximum absolute atomic E-state index is 9.41. The molecule has 3 aromatic heterocycles. The molecule has 116 valence electrons. The first-order valence-electron chi connectivity index (χ1n) is 7.30. The van der Waals surface area contributed by atoms with Crippen LogP contribution in [0.4, 0.5) is 5.82 Å². The van der Waals surface area contributed by atoms with Gasteiger partial charge in [-0.15, -0.1) is 15.3 Å². The standard InChI is InChI=1S/C15H19N5OS/c1-10(7-11(2)21)8-16-13-3-4-14-17-18-15(20(14)19-13)12-5-6-22-9-12/h3-6,9-11,21H,7-8H2,1-2H3,(H,16,19). The van der Waals surface area contributed by atoms with Crippen LogP contribution >= 0.6 is 11.3 Å². The lowest BCUT2D eigenvalue weighted by atomic mass is 10.1. The van der Waals surface area contributed by atoms with Gasteiger partial charge in [0.2, 0.25) is 0 Å². The molecule has 2 atom stereocenters. The number of thiophene rings is 1. The van der Waals surface area contributed by atoms with Crippen LogP contribution < -0.4 is 5.32 Å². The van der Waals surface area contributed by atoms with E-state index in [1.54, 1.807) is 15.9 Å². The molecule has 0 saturated heterocycles. The van der Waals surface area contributed by atoms with E-state index < -0.39 is 0 Å². The van der Waals surface area contributed by atoms with Gasteiger partial charge in [0, 0.05) is 17.5 Å². The molecule has 0 bridgehead atoms. The Hall–Kier alpha value is -1.99. The molecule has 0 spiro atoms. The van der Waals surface area contributed by atoms with Crippen LogP contribution in [-0.4, -0.2) is 37.6 Å². The minimum atomic E-state index is -0.282. The highest BCUT2D eigenvalue weighted by molar-refractivity contribution is 7.08. The third-order valence-corrected chi connectivity index (χ3v) is 4.10. The minimum Gasteiger partial charge on any atom is -0.393 e. The zero-order valence-corrected chi connectivity index (χ0v) is 13.4. The molecule has 6 nitrogen and oxygen atoms in total. The molecule has 3 rings (SSSR count). The quantitative estimate of drug-likeness (QED) is 0.731. The van der Waals surface area contributed by atoms with E-state index in [-0.39, 0.29) is 6.10 Å². The number of hydrogen-bond donors (Lipinski definition) is 2. The third-order valence-electron chi connectivity index (χ3n) is 3.42. The van der Waals surface area contributed by atoms with Crippen molar-refractivity contribution in [1.82, 2.24) is 19.8 Å². The highest BCUT2D eigenvalue weighted by Crippen LogP contribution is 2.21. The van der Waals surface area contributed by atoms with Crippen LogP contribution in [0, 0.1) is 5.92 Å². The second-order valence-electron chi connectivity index (χ2n) is 5.60. The Labute approximate surface area is 132 Å². The molecular weight excluding hydrogens is 298 g/mol. The molecule has 22 heavy (non-hydrogen) atoms. The largest absolute Gasteiger partial charge is 0.393 e. The SMILES string of the molecule is CC(O)CC(C)CNc1ccc2nnc(-c3ccsc3)n2n1. The van der Waals surface area contributed by atoms with Crippen molar-refractivity contribution < 1.29 is 5.11 Å². The molecule has 0 aliphatic rings. The Bertz CT molecular complexity index is 738. The predicted octanol–water partition coefficient (Wildman–Crippen LogP) is 2.67. The summed E-state index contributed by atoms with van der Waals surface area (Å²) in [5.74, 6) is 1.90. The van der Waals surface area contributed by atoms with Gasteiger partial charge in [-0.1, -0.05) is 6.92 Å². The third kappa shape index (κ3) is 3.26. The van der Waals surface area contributed by atoms with Gasteiger partial charge in [0.05, 0.1) is 6.10 Å². The van der Waals surface area contributed by atoms with Crippen LogP contribution in [0.25, 0.3) is 17.0 Å². The Morgan fingerprint density at radius 3 is 2.86 bits per heavy atom. The maximum atomic E-state index is 9.41. The van der Waals surface area contributed by atoms with Crippen molar-refractivity contribution in [3.63, 3.8) is 0 Å². The molecule has 3 aromatic rings. The van der Waals surface area contributed by atoms with E-state index in [1.807, 2.05) is 35.9 Å². The Morgan fingerprint density at radius 1 is 1.27 bits per heavy atom.